The van der Waals surface area contributed by atoms with Gasteiger partial charge in [0.15, 0.2) is 0 Å². The minimum absolute atomic E-state index is 0.0531. The summed E-state index contributed by atoms with van der Waals surface area (Å²) >= 11 is 0. The molecule has 1 fully saturated rings. The van der Waals surface area contributed by atoms with Gasteiger partial charge in [-0.05, 0) is 77.4 Å². The highest BCUT2D eigenvalue weighted by Gasteiger charge is 2.23. The smallest absolute Gasteiger partial charge is 0.260 e. The van der Waals surface area contributed by atoms with Gasteiger partial charge in [-0.3, -0.25) is 9.36 Å². The summed E-state index contributed by atoms with van der Waals surface area (Å²) in [4.78, 5) is 24.9. The number of rotatable bonds is 5. The lowest BCUT2D eigenvalue weighted by Gasteiger charge is -2.33. The lowest BCUT2D eigenvalue weighted by molar-refractivity contribution is 0.221. The van der Waals surface area contributed by atoms with E-state index in [0.717, 1.165) is 31.1 Å². The van der Waals surface area contributed by atoms with E-state index >= 15 is 0 Å². The molecule has 170 valence electrons. The number of pyridine rings is 1. The Bertz CT molecular complexity index is 1180. The molecule has 7 nitrogen and oxygen atoms in total. The Kier molecular flexibility index (Phi) is 6.15. The van der Waals surface area contributed by atoms with E-state index in [2.05, 4.69) is 29.3 Å². The predicted octanol–water partition coefficient (Wildman–Crippen LogP) is 4.05. The van der Waals surface area contributed by atoms with Crippen molar-refractivity contribution in [1.82, 2.24) is 19.4 Å². The van der Waals surface area contributed by atoms with Gasteiger partial charge in [0.05, 0.1) is 5.69 Å². The first-order valence-corrected chi connectivity index (χ1v) is 11.1. The minimum atomic E-state index is -0.544. The molecule has 1 saturated carbocycles. The van der Waals surface area contributed by atoms with Gasteiger partial charge in [-0.15, -0.1) is 0 Å². The first-order valence-electron chi connectivity index (χ1n) is 11.1. The van der Waals surface area contributed by atoms with Crippen LogP contribution in [0.15, 0.2) is 35.3 Å². The van der Waals surface area contributed by atoms with Crippen LogP contribution in [0.4, 0.5) is 16.0 Å². The van der Waals surface area contributed by atoms with E-state index in [9.17, 15) is 9.18 Å². The van der Waals surface area contributed by atoms with Crippen molar-refractivity contribution < 1.29 is 4.39 Å². The van der Waals surface area contributed by atoms with E-state index in [0.29, 0.717) is 34.8 Å². The van der Waals surface area contributed by atoms with Crippen LogP contribution < -0.4 is 16.6 Å². The summed E-state index contributed by atoms with van der Waals surface area (Å²) in [6, 6.07) is 6.97. The predicted molar refractivity (Wildman–Crippen MR) is 127 cm³/mol. The standard InChI is InChI=1S/C24H31FN6O/c1-14(2)31-22-16(11-19(23(31)32)15-5-10-21(26)20(25)12-15)13-27-24(29-22)28-17-6-8-18(9-7-17)30(3)4/h5,10-14,17-18H,6-9,26H2,1-4H3,(H,27,28,29). The number of nitrogens with one attached hydrogen (secondary N) is 1. The third kappa shape index (κ3) is 4.32. The topological polar surface area (TPSA) is 89.1 Å². The van der Waals surface area contributed by atoms with Gasteiger partial charge in [-0.1, -0.05) is 6.07 Å². The molecule has 0 spiro atoms. The summed E-state index contributed by atoms with van der Waals surface area (Å²) in [7, 11) is 4.26. The average Bonchev–Trinajstić information content (AvgIpc) is 2.75. The van der Waals surface area contributed by atoms with Crippen LogP contribution in [0.25, 0.3) is 22.2 Å². The third-order valence-corrected chi connectivity index (χ3v) is 6.36. The number of halogens is 1. The van der Waals surface area contributed by atoms with Gasteiger partial charge in [0.2, 0.25) is 5.95 Å². The second-order valence-corrected chi connectivity index (χ2v) is 9.15. The number of hydrogen-bond acceptors (Lipinski definition) is 6. The summed E-state index contributed by atoms with van der Waals surface area (Å²) in [5.41, 5.74) is 6.90. The molecule has 0 saturated heterocycles. The van der Waals surface area contributed by atoms with E-state index in [-0.39, 0.29) is 17.3 Å². The second-order valence-electron chi connectivity index (χ2n) is 9.15. The fourth-order valence-corrected chi connectivity index (χ4v) is 4.49. The highest BCUT2D eigenvalue weighted by molar-refractivity contribution is 5.82. The molecule has 3 aromatic rings. The largest absolute Gasteiger partial charge is 0.396 e. The molecule has 2 aromatic heterocycles. The molecule has 1 aliphatic carbocycles. The van der Waals surface area contributed by atoms with Crippen LogP contribution in [0.1, 0.15) is 45.6 Å². The normalized spacial score (nSPS) is 19.1. The van der Waals surface area contributed by atoms with Gasteiger partial charge >= 0.3 is 0 Å². The Morgan fingerprint density at radius 1 is 1.19 bits per heavy atom. The lowest BCUT2D eigenvalue weighted by atomic mass is 9.91. The van der Waals surface area contributed by atoms with Gasteiger partial charge in [-0.2, -0.15) is 4.98 Å². The third-order valence-electron chi connectivity index (χ3n) is 6.36. The number of hydrogen-bond donors (Lipinski definition) is 2. The quantitative estimate of drug-likeness (QED) is 0.585. The lowest BCUT2D eigenvalue weighted by Crippen LogP contribution is -2.36. The molecule has 1 aromatic carbocycles. The highest BCUT2D eigenvalue weighted by atomic mass is 19.1. The number of nitrogens with zero attached hydrogens (tertiary/aromatic N) is 4. The molecular formula is C24H31FN6O. The summed E-state index contributed by atoms with van der Waals surface area (Å²) in [6.45, 7) is 3.87. The highest BCUT2D eigenvalue weighted by Crippen LogP contribution is 2.27. The van der Waals surface area contributed by atoms with Crippen LogP contribution in [-0.4, -0.2) is 45.6 Å². The van der Waals surface area contributed by atoms with Crippen molar-refractivity contribution in [2.75, 3.05) is 25.1 Å². The van der Waals surface area contributed by atoms with E-state index < -0.39 is 5.82 Å². The maximum absolute atomic E-state index is 14.0. The summed E-state index contributed by atoms with van der Waals surface area (Å²) in [5.74, 6) is -0.0104. The molecule has 0 atom stereocenters. The molecule has 3 N–H and O–H groups in total. The number of aromatic nitrogens is 3. The Labute approximate surface area is 187 Å². The molecule has 0 amide bonds. The molecule has 2 heterocycles. The molecule has 0 radical (unpaired) electrons. The van der Waals surface area contributed by atoms with Gasteiger partial charge in [-0.25, -0.2) is 9.37 Å². The molecule has 0 unspecified atom stereocenters. The Morgan fingerprint density at radius 3 is 2.53 bits per heavy atom. The number of nitrogen functional groups attached to an aromatic ring is 1. The molecule has 32 heavy (non-hydrogen) atoms. The van der Waals surface area contributed by atoms with Crippen LogP contribution in [0.5, 0.6) is 0 Å². The zero-order valence-electron chi connectivity index (χ0n) is 19.1. The van der Waals surface area contributed by atoms with E-state index in [1.807, 2.05) is 13.8 Å². The summed E-state index contributed by atoms with van der Waals surface area (Å²) < 4.78 is 15.7. The van der Waals surface area contributed by atoms with E-state index in [1.165, 1.54) is 12.1 Å². The number of benzene rings is 1. The van der Waals surface area contributed by atoms with Crippen molar-refractivity contribution in [3.63, 3.8) is 0 Å². The van der Waals surface area contributed by atoms with Crippen LogP contribution in [-0.2, 0) is 0 Å². The summed E-state index contributed by atoms with van der Waals surface area (Å²) in [6.07, 6.45) is 6.12. The first-order chi connectivity index (χ1) is 15.2. The van der Waals surface area contributed by atoms with Gasteiger partial charge < -0.3 is 16.0 Å². The van der Waals surface area contributed by atoms with Crippen molar-refractivity contribution >= 4 is 22.7 Å². The molecule has 4 rings (SSSR count). The minimum Gasteiger partial charge on any atom is -0.396 e. The maximum atomic E-state index is 14.0. The van der Waals surface area contributed by atoms with Crippen molar-refractivity contribution in [2.24, 2.45) is 0 Å². The monoisotopic (exact) mass is 438 g/mol. The molecule has 0 aliphatic heterocycles. The van der Waals surface area contributed by atoms with Crippen molar-refractivity contribution in [1.29, 1.82) is 0 Å². The molecule has 0 bridgehead atoms. The van der Waals surface area contributed by atoms with Crippen LogP contribution in [0, 0.1) is 5.82 Å². The Hall–Kier alpha value is -3.00. The molecule has 1 aliphatic rings. The number of nitrogens with two attached hydrogens (primary N) is 1. The fraction of sp³-hybridized carbons (Fsp3) is 0.458. The number of anilines is 2. The molecule has 8 heteroatoms. The van der Waals surface area contributed by atoms with Crippen molar-refractivity contribution in [3.05, 3.63) is 46.6 Å². The van der Waals surface area contributed by atoms with Crippen LogP contribution in [0.3, 0.4) is 0 Å². The van der Waals surface area contributed by atoms with Crippen LogP contribution in [0.2, 0.25) is 0 Å². The Balaban J connectivity index is 1.70. The molecular weight excluding hydrogens is 407 g/mol. The van der Waals surface area contributed by atoms with Crippen molar-refractivity contribution in [2.45, 2.75) is 57.7 Å². The fourth-order valence-electron chi connectivity index (χ4n) is 4.49. The van der Waals surface area contributed by atoms with Crippen LogP contribution >= 0.6 is 0 Å². The summed E-state index contributed by atoms with van der Waals surface area (Å²) in [5, 5.41) is 4.19. The maximum Gasteiger partial charge on any atom is 0.260 e. The van der Waals surface area contributed by atoms with E-state index in [1.54, 1.807) is 22.9 Å². The average molecular weight is 439 g/mol. The number of fused-ring (bicyclic) bond motifs is 1. The zero-order chi connectivity index (χ0) is 23.0. The van der Waals surface area contributed by atoms with Crippen molar-refractivity contribution in [3.8, 4) is 11.1 Å². The SMILES string of the molecule is CC(C)n1c(=O)c(-c2ccc(N)c(F)c2)cc2cnc(NC3CCC(N(C)C)CC3)nc21. The van der Waals surface area contributed by atoms with E-state index in [4.69, 9.17) is 10.7 Å². The Morgan fingerprint density at radius 2 is 1.91 bits per heavy atom. The van der Waals surface area contributed by atoms with Gasteiger partial charge in [0.25, 0.3) is 5.56 Å². The first kappa shape index (κ1) is 22.2. The zero-order valence-corrected chi connectivity index (χ0v) is 19.1. The van der Waals surface area contributed by atoms with Gasteiger partial charge in [0.1, 0.15) is 11.5 Å². The van der Waals surface area contributed by atoms with Gasteiger partial charge in [0, 0.05) is 35.3 Å². The second kappa shape index (κ2) is 8.86.